The van der Waals surface area contributed by atoms with Crippen LogP contribution in [0, 0.1) is 11.3 Å². The summed E-state index contributed by atoms with van der Waals surface area (Å²) in [5, 5.41) is 12.1. The first-order valence-electron chi connectivity index (χ1n) is 5.52. The van der Waals surface area contributed by atoms with Gasteiger partial charge in [0.25, 0.3) is 0 Å². The molecule has 1 aromatic heterocycles. The van der Waals surface area contributed by atoms with Crippen molar-refractivity contribution in [1.29, 1.82) is 5.26 Å². The van der Waals surface area contributed by atoms with Crippen LogP contribution in [0.15, 0.2) is 29.0 Å². The molecule has 0 radical (unpaired) electrons. The van der Waals surface area contributed by atoms with E-state index in [4.69, 9.17) is 15.8 Å². The second-order valence-electron chi connectivity index (χ2n) is 3.68. The predicted molar refractivity (Wildman–Crippen MR) is 78.5 cm³/mol. The van der Waals surface area contributed by atoms with Gasteiger partial charge in [-0.25, -0.2) is 15.8 Å². The summed E-state index contributed by atoms with van der Waals surface area (Å²) >= 11 is 3.36. The lowest BCUT2D eigenvalue weighted by atomic mass is 10.2. The fourth-order valence-corrected chi connectivity index (χ4v) is 1.96. The lowest BCUT2D eigenvalue weighted by molar-refractivity contribution is 0.415. The number of aromatic nitrogens is 2. The molecule has 0 aliphatic heterocycles. The van der Waals surface area contributed by atoms with Gasteiger partial charge in [0.05, 0.1) is 18.4 Å². The molecule has 0 aliphatic carbocycles. The maximum Gasteiger partial charge on any atom is 0.205 e. The van der Waals surface area contributed by atoms with Crippen LogP contribution >= 0.6 is 15.9 Å². The maximum absolute atomic E-state index is 9.11. The largest absolute Gasteiger partial charge is 0.490 e. The number of anilines is 3. The number of nitrogen functional groups attached to an aromatic ring is 1. The van der Waals surface area contributed by atoms with Crippen molar-refractivity contribution in [2.45, 2.75) is 0 Å². The van der Waals surface area contributed by atoms with Gasteiger partial charge in [0.1, 0.15) is 12.4 Å². The highest BCUT2D eigenvalue weighted by atomic mass is 79.9. The SMILES string of the molecule is COc1c(NN)ncnc1Nc1cc(Br)ccc1C#N. The van der Waals surface area contributed by atoms with Crippen molar-refractivity contribution in [1.82, 2.24) is 9.97 Å². The molecule has 2 aromatic rings. The number of ether oxygens (including phenoxy) is 1. The fraction of sp³-hybridized carbons (Fsp3) is 0.0833. The van der Waals surface area contributed by atoms with Gasteiger partial charge in [-0.05, 0) is 18.2 Å². The van der Waals surface area contributed by atoms with Crippen molar-refractivity contribution in [2.24, 2.45) is 5.84 Å². The molecule has 0 amide bonds. The zero-order valence-corrected chi connectivity index (χ0v) is 12.1. The highest BCUT2D eigenvalue weighted by Crippen LogP contribution is 2.32. The Bertz CT molecular complexity index is 669. The maximum atomic E-state index is 9.11. The van der Waals surface area contributed by atoms with Crippen LogP contribution in [0.1, 0.15) is 5.56 Å². The molecule has 0 spiro atoms. The molecule has 0 unspecified atom stereocenters. The number of hydrogen-bond donors (Lipinski definition) is 3. The third-order valence-electron chi connectivity index (χ3n) is 2.50. The summed E-state index contributed by atoms with van der Waals surface area (Å²) in [6.45, 7) is 0. The molecular formula is C12H11BrN6O. The number of nitriles is 1. The normalized spacial score (nSPS) is 9.70. The number of nitrogens with two attached hydrogens (primary N) is 1. The lowest BCUT2D eigenvalue weighted by Crippen LogP contribution is -2.11. The molecule has 1 aromatic carbocycles. The highest BCUT2D eigenvalue weighted by Gasteiger charge is 2.13. The molecule has 8 heteroatoms. The Morgan fingerprint density at radius 2 is 2.10 bits per heavy atom. The van der Waals surface area contributed by atoms with Gasteiger partial charge in [0, 0.05) is 4.47 Å². The topological polar surface area (TPSA) is 109 Å². The van der Waals surface area contributed by atoms with E-state index in [1.165, 1.54) is 13.4 Å². The van der Waals surface area contributed by atoms with Crippen molar-refractivity contribution in [3.05, 3.63) is 34.6 Å². The standard InChI is InChI=1S/C12H11BrN6O/c1-20-10-11(16-6-17-12(10)19-15)18-9-4-8(13)3-2-7(9)5-14/h2-4,6H,15H2,1H3,(H2,16,17,18,19). The van der Waals surface area contributed by atoms with Gasteiger partial charge in [0.15, 0.2) is 11.6 Å². The first kappa shape index (κ1) is 14.0. The number of hydrogen-bond acceptors (Lipinski definition) is 7. The van der Waals surface area contributed by atoms with E-state index in [9.17, 15) is 0 Å². The molecule has 20 heavy (non-hydrogen) atoms. The lowest BCUT2D eigenvalue weighted by Gasteiger charge is -2.13. The van der Waals surface area contributed by atoms with Crippen LogP contribution in [0.3, 0.4) is 0 Å². The van der Waals surface area contributed by atoms with E-state index in [0.717, 1.165) is 4.47 Å². The van der Waals surface area contributed by atoms with Crippen molar-refractivity contribution < 1.29 is 4.74 Å². The first-order valence-corrected chi connectivity index (χ1v) is 6.31. The molecule has 1 heterocycles. The predicted octanol–water partition coefficient (Wildman–Crippen LogP) is 2.15. The van der Waals surface area contributed by atoms with Crippen LogP contribution < -0.4 is 21.3 Å². The van der Waals surface area contributed by atoms with Gasteiger partial charge in [-0.1, -0.05) is 15.9 Å². The molecule has 0 atom stereocenters. The number of rotatable bonds is 4. The van der Waals surface area contributed by atoms with Gasteiger partial charge in [-0.3, -0.25) is 0 Å². The summed E-state index contributed by atoms with van der Waals surface area (Å²) < 4.78 is 6.06. The number of methoxy groups -OCH3 is 1. The molecule has 0 saturated heterocycles. The summed E-state index contributed by atoms with van der Waals surface area (Å²) in [7, 11) is 1.48. The minimum absolute atomic E-state index is 0.346. The Morgan fingerprint density at radius 3 is 2.75 bits per heavy atom. The number of benzene rings is 1. The van der Waals surface area contributed by atoms with Gasteiger partial charge < -0.3 is 15.5 Å². The zero-order chi connectivity index (χ0) is 14.5. The van der Waals surface area contributed by atoms with Crippen LogP contribution in [0.5, 0.6) is 5.75 Å². The van der Waals surface area contributed by atoms with E-state index in [2.05, 4.69) is 42.7 Å². The molecule has 0 fully saturated rings. The Balaban J connectivity index is 2.45. The molecule has 102 valence electrons. The van der Waals surface area contributed by atoms with E-state index in [1.54, 1.807) is 18.2 Å². The van der Waals surface area contributed by atoms with Crippen molar-refractivity contribution in [3.63, 3.8) is 0 Å². The van der Waals surface area contributed by atoms with Crippen LogP contribution in [-0.2, 0) is 0 Å². The van der Waals surface area contributed by atoms with E-state index in [-0.39, 0.29) is 0 Å². The minimum Gasteiger partial charge on any atom is -0.490 e. The van der Waals surface area contributed by atoms with E-state index < -0.39 is 0 Å². The van der Waals surface area contributed by atoms with Crippen molar-refractivity contribution >= 4 is 33.3 Å². The van der Waals surface area contributed by atoms with Crippen LogP contribution in [0.25, 0.3) is 0 Å². The Morgan fingerprint density at radius 1 is 1.35 bits per heavy atom. The smallest absolute Gasteiger partial charge is 0.205 e. The van der Waals surface area contributed by atoms with E-state index >= 15 is 0 Å². The number of nitrogens with zero attached hydrogens (tertiary/aromatic N) is 3. The molecule has 7 nitrogen and oxygen atoms in total. The molecule has 2 rings (SSSR count). The monoisotopic (exact) mass is 334 g/mol. The molecule has 4 N–H and O–H groups in total. The van der Waals surface area contributed by atoms with Crippen LogP contribution in [0.4, 0.5) is 17.3 Å². The molecule has 0 bridgehead atoms. The third-order valence-corrected chi connectivity index (χ3v) is 2.99. The Kier molecular flexibility index (Phi) is 4.34. The van der Waals surface area contributed by atoms with Gasteiger partial charge in [-0.15, -0.1) is 0 Å². The number of nitrogens with one attached hydrogen (secondary N) is 2. The van der Waals surface area contributed by atoms with Crippen molar-refractivity contribution in [3.8, 4) is 11.8 Å². The summed E-state index contributed by atoms with van der Waals surface area (Å²) in [6, 6.07) is 7.36. The summed E-state index contributed by atoms with van der Waals surface area (Å²) in [5.74, 6) is 6.47. The Labute approximate surface area is 123 Å². The van der Waals surface area contributed by atoms with E-state index in [1.807, 2.05) is 0 Å². The summed E-state index contributed by atoms with van der Waals surface area (Å²) in [6.07, 6.45) is 1.34. The summed E-state index contributed by atoms with van der Waals surface area (Å²) in [4.78, 5) is 8.03. The summed E-state index contributed by atoms with van der Waals surface area (Å²) in [5.41, 5.74) is 3.50. The molecule has 0 aliphatic rings. The number of halogens is 1. The Hall–Kier alpha value is -2.37. The average molecular weight is 335 g/mol. The average Bonchev–Trinajstić information content (AvgIpc) is 2.47. The fourth-order valence-electron chi connectivity index (χ4n) is 1.60. The number of hydrazine groups is 1. The second kappa shape index (κ2) is 6.18. The van der Waals surface area contributed by atoms with Crippen molar-refractivity contribution in [2.75, 3.05) is 17.9 Å². The first-order chi connectivity index (χ1) is 9.69. The van der Waals surface area contributed by atoms with Crippen LogP contribution in [0.2, 0.25) is 0 Å². The zero-order valence-electron chi connectivity index (χ0n) is 10.5. The minimum atomic E-state index is 0.346. The van der Waals surface area contributed by atoms with Crippen LogP contribution in [-0.4, -0.2) is 17.1 Å². The van der Waals surface area contributed by atoms with E-state index in [0.29, 0.717) is 28.6 Å². The van der Waals surface area contributed by atoms with Gasteiger partial charge >= 0.3 is 0 Å². The molecular weight excluding hydrogens is 324 g/mol. The van der Waals surface area contributed by atoms with Gasteiger partial charge in [-0.2, -0.15) is 5.26 Å². The highest BCUT2D eigenvalue weighted by molar-refractivity contribution is 9.10. The third kappa shape index (κ3) is 2.79. The second-order valence-corrected chi connectivity index (χ2v) is 4.59. The van der Waals surface area contributed by atoms with Gasteiger partial charge in [0.2, 0.25) is 5.75 Å². The molecule has 0 saturated carbocycles. The quantitative estimate of drug-likeness (QED) is 0.580.